The molecule has 0 atom stereocenters. The molecule has 2 N–H and O–H groups in total. The Morgan fingerprint density at radius 1 is 1.05 bits per heavy atom. The van der Waals surface area contributed by atoms with Crippen molar-refractivity contribution in [3.05, 3.63) is 63.6 Å². The lowest BCUT2D eigenvalue weighted by molar-refractivity contribution is -0.117. The number of rotatable bonds is 5. The number of nitrogens with two attached hydrogens (primary N) is 1. The van der Waals surface area contributed by atoms with Gasteiger partial charge in [-0.05, 0) is 35.4 Å². The van der Waals surface area contributed by atoms with E-state index in [1.54, 1.807) is 18.2 Å². The topological polar surface area (TPSA) is 52.3 Å². The maximum atomic E-state index is 10.9. The molecule has 0 aliphatic carbocycles. The zero-order chi connectivity index (χ0) is 14.5. The van der Waals surface area contributed by atoms with Crippen molar-refractivity contribution in [2.75, 3.05) is 0 Å². The van der Waals surface area contributed by atoms with Crippen molar-refractivity contribution >= 4 is 29.1 Å². The van der Waals surface area contributed by atoms with E-state index < -0.39 is 0 Å². The molecule has 0 spiro atoms. The monoisotopic (exact) mass is 309 g/mol. The van der Waals surface area contributed by atoms with E-state index in [1.807, 2.05) is 24.3 Å². The summed E-state index contributed by atoms with van der Waals surface area (Å²) in [5.74, 6) is 0.307. The summed E-state index contributed by atoms with van der Waals surface area (Å²) in [5.41, 5.74) is 6.90. The zero-order valence-corrected chi connectivity index (χ0v) is 12.1. The Kier molecular flexibility index (Phi) is 4.88. The van der Waals surface area contributed by atoms with Gasteiger partial charge in [0.05, 0.1) is 16.5 Å². The smallest absolute Gasteiger partial charge is 0.221 e. The fourth-order valence-corrected chi connectivity index (χ4v) is 2.06. The largest absolute Gasteiger partial charge is 0.489 e. The summed E-state index contributed by atoms with van der Waals surface area (Å²) in [6.45, 7) is 0.372. The van der Waals surface area contributed by atoms with Crippen LogP contribution in [0.15, 0.2) is 42.5 Å². The average molecular weight is 310 g/mol. The maximum Gasteiger partial charge on any atom is 0.221 e. The molecule has 0 heterocycles. The molecule has 0 aliphatic rings. The molecule has 2 aromatic rings. The number of ether oxygens (including phenoxy) is 1. The first-order valence-electron chi connectivity index (χ1n) is 5.98. The Balaban J connectivity index is 2.03. The van der Waals surface area contributed by atoms with Crippen molar-refractivity contribution in [3.8, 4) is 5.75 Å². The standard InChI is InChI=1S/C15H13Cl2NO2/c16-13-5-4-11(7-14(13)17)9-20-12-3-1-2-10(6-12)8-15(18)19/h1-7H,8-9H2,(H2,18,19). The Bertz CT molecular complexity index is 629. The fraction of sp³-hybridized carbons (Fsp3) is 0.133. The molecular weight excluding hydrogens is 297 g/mol. The van der Waals surface area contributed by atoms with Crippen molar-refractivity contribution in [2.45, 2.75) is 13.0 Å². The Morgan fingerprint density at radius 2 is 1.85 bits per heavy atom. The van der Waals surface area contributed by atoms with Crippen molar-refractivity contribution in [1.82, 2.24) is 0 Å². The molecule has 2 rings (SSSR count). The van der Waals surface area contributed by atoms with Crippen LogP contribution in [0.2, 0.25) is 10.0 Å². The van der Waals surface area contributed by atoms with Gasteiger partial charge >= 0.3 is 0 Å². The molecule has 0 saturated heterocycles. The minimum atomic E-state index is -0.369. The summed E-state index contributed by atoms with van der Waals surface area (Å²) in [5, 5.41) is 1.01. The van der Waals surface area contributed by atoms with Crippen molar-refractivity contribution < 1.29 is 9.53 Å². The number of halogens is 2. The molecule has 0 aliphatic heterocycles. The molecule has 0 aromatic heterocycles. The van der Waals surface area contributed by atoms with E-state index in [1.165, 1.54) is 0 Å². The van der Waals surface area contributed by atoms with E-state index in [2.05, 4.69) is 0 Å². The van der Waals surface area contributed by atoms with Gasteiger partial charge in [0.15, 0.2) is 0 Å². The highest BCUT2D eigenvalue weighted by Crippen LogP contribution is 2.23. The number of hydrogen-bond acceptors (Lipinski definition) is 2. The van der Waals surface area contributed by atoms with Crippen LogP contribution in [-0.4, -0.2) is 5.91 Å². The van der Waals surface area contributed by atoms with E-state index in [9.17, 15) is 4.79 Å². The lowest BCUT2D eigenvalue weighted by Crippen LogP contribution is -2.13. The number of benzene rings is 2. The summed E-state index contributed by atoms with van der Waals surface area (Å²) in [7, 11) is 0. The van der Waals surface area contributed by atoms with Gasteiger partial charge in [0, 0.05) is 0 Å². The summed E-state index contributed by atoms with van der Waals surface area (Å²) >= 11 is 11.8. The molecule has 0 radical (unpaired) electrons. The third-order valence-electron chi connectivity index (χ3n) is 2.67. The molecule has 0 fully saturated rings. The Labute approximate surface area is 127 Å². The predicted molar refractivity (Wildman–Crippen MR) is 80.1 cm³/mol. The SMILES string of the molecule is NC(=O)Cc1cccc(OCc2ccc(Cl)c(Cl)c2)c1. The van der Waals surface area contributed by atoms with E-state index in [4.69, 9.17) is 33.7 Å². The van der Waals surface area contributed by atoms with Crippen LogP contribution < -0.4 is 10.5 Å². The van der Waals surface area contributed by atoms with Gasteiger partial charge in [-0.25, -0.2) is 0 Å². The minimum Gasteiger partial charge on any atom is -0.489 e. The van der Waals surface area contributed by atoms with Crippen LogP contribution in [0.5, 0.6) is 5.75 Å². The zero-order valence-electron chi connectivity index (χ0n) is 10.6. The number of carbonyl (C=O) groups is 1. The second-order valence-electron chi connectivity index (χ2n) is 4.33. The second-order valence-corrected chi connectivity index (χ2v) is 5.14. The molecular formula is C15H13Cl2NO2. The first-order valence-corrected chi connectivity index (χ1v) is 6.74. The van der Waals surface area contributed by atoms with Crippen LogP contribution in [-0.2, 0) is 17.8 Å². The molecule has 0 saturated carbocycles. The van der Waals surface area contributed by atoms with E-state index in [0.29, 0.717) is 22.4 Å². The van der Waals surface area contributed by atoms with Gasteiger partial charge in [0.25, 0.3) is 0 Å². The number of primary amides is 1. The van der Waals surface area contributed by atoms with Gasteiger partial charge in [0.1, 0.15) is 12.4 Å². The molecule has 1 amide bonds. The van der Waals surface area contributed by atoms with Gasteiger partial charge in [-0.1, -0.05) is 41.4 Å². The van der Waals surface area contributed by atoms with Crippen molar-refractivity contribution in [1.29, 1.82) is 0 Å². The predicted octanol–water partition coefficient (Wildman–Crippen LogP) is 3.60. The normalized spacial score (nSPS) is 10.3. The fourth-order valence-electron chi connectivity index (χ4n) is 1.74. The summed E-state index contributed by atoms with van der Waals surface area (Å²) in [6, 6.07) is 12.6. The van der Waals surface area contributed by atoms with Crippen LogP contribution in [0, 0.1) is 0 Å². The molecule has 0 bridgehead atoms. The first kappa shape index (κ1) is 14.7. The molecule has 0 unspecified atom stereocenters. The quantitative estimate of drug-likeness (QED) is 0.917. The minimum absolute atomic E-state index is 0.198. The third kappa shape index (κ3) is 4.15. The highest BCUT2D eigenvalue weighted by atomic mass is 35.5. The van der Waals surface area contributed by atoms with E-state index in [0.717, 1.165) is 11.1 Å². The van der Waals surface area contributed by atoms with Gasteiger partial charge in [-0.2, -0.15) is 0 Å². The highest BCUT2D eigenvalue weighted by Gasteiger charge is 2.03. The molecule has 3 nitrogen and oxygen atoms in total. The van der Waals surface area contributed by atoms with Crippen molar-refractivity contribution in [3.63, 3.8) is 0 Å². The van der Waals surface area contributed by atoms with Crippen LogP contribution in [0.1, 0.15) is 11.1 Å². The van der Waals surface area contributed by atoms with Crippen molar-refractivity contribution in [2.24, 2.45) is 5.73 Å². The highest BCUT2D eigenvalue weighted by molar-refractivity contribution is 6.42. The van der Waals surface area contributed by atoms with Crippen LogP contribution in [0.25, 0.3) is 0 Å². The molecule has 5 heteroatoms. The van der Waals surface area contributed by atoms with Crippen LogP contribution in [0.3, 0.4) is 0 Å². The lowest BCUT2D eigenvalue weighted by Gasteiger charge is -2.08. The lowest BCUT2D eigenvalue weighted by atomic mass is 10.1. The summed E-state index contributed by atoms with van der Waals surface area (Å²) in [4.78, 5) is 10.9. The Morgan fingerprint density at radius 3 is 2.55 bits per heavy atom. The van der Waals surface area contributed by atoms with Gasteiger partial charge in [0.2, 0.25) is 5.91 Å². The number of carbonyl (C=O) groups excluding carboxylic acids is 1. The molecule has 20 heavy (non-hydrogen) atoms. The maximum absolute atomic E-state index is 10.9. The first-order chi connectivity index (χ1) is 9.54. The molecule has 2 aromatic carbocycles. The van der Waals surface area contributed by atoms with E-state index in [-0.39, 0.29) is 12.3 Å². The summed E-state index contributed by atoms with van der Waals surface area (Å²) < 4.78 is 5.66. The third-order valence-corrected chi connectivity index (χ3v) is 3.41. The van der Waals surface area contributed by atoms with Gasteiger partial charge in [-0.3, -0.25) is 4.79 Å². The van der Waals surface area contributed by atoms with E-state index >= 15 is 0 Å². The summed E-state index contributed by atoms with van der Waals surface area (Å²) in [6.07, 6.45) is 0.198. The molecule has 104 valence electrons. The number of hydrogen-bond donors (Lipinski definition) is 1. The van der Waals surface area contributed by atoms with Crippen LogP contribution >= 0.6 is 23.2 Å². The second kappa shape index (κ2) is 6.64. The van der Waals surface area contributed by atoms with Gasteiger partial charge < -0.3 is 10.5 Å². The Hall–Kier alpha value is -1.71. The number of amides is 1. The van der Waals surface area contributed by atoms with Crippen LogP contribution in [0.4, 0.5) is 0 Å². The van der Waals surface area contributed by atoms with Gasteiger partial charge in [-0.15, -0.1) is 0 Å². The average Bonchev–Trinajstić information content (AvgIpc) is 2.40.